The Kier molecular flexibility index (Phi) is 8.90. The molecule has 0 aromatic carbocycles. The molecule has 4 saturated carbocycles. The summed E-state index contributed by atoms with van der Waals surface area (Å²) in [5, 5.41) is 31.8. The fourth-order valence-electron chi connectivity index (χ4n) is 8.30. The van der Waals surface area contributed by atoms with Crippen molar-refractivity contribution in [1.82, 2.24) is 4.98 Å². The van der Waals surface area contributed by atoms with E-state index in [9.17, 15) is 15.3 Å². The number of fused-ring (bicyclic) bond motifs is 1. The number of unbranched alkanes of at least 4 members (excludes halogenated alkanes) is 1. The molecular weight excluding hydrogens is 494 g/mol. The highest BCUT2D eigenvalue weighted by atomic mass is 16.3. The van der Waals surface area contributed by atoms with Crippen LogP contribution in [0.5, 0.6) is 0 Å². The third-order valence-electron chi connectivity index (χ3n) is 11.0. The van der Waals surface area contributed by atoms with E-state index in [-0.39, 0.29) is 10.8 Å². The Hall–Kier alpha value is -2.01. The van der Waals surface area contributed by atoms with Gasteiger partial charge in [-0.25, -0.2) is 0 Å². The summed E-state index contributed by atoms with van der Waals surface area (Å²) in [5.41, 5.74) is 5.54. The molecule has 0 aliphatic heterocycles. The maximum Gasteiger partial charge on any atom is 0.0832 e. The van der Waals surface area contributed by atoms with Gasteiger partial charge in [0.15, 0.2) is 0 Å². The first-order chi connectivity index (χ1) is 19.2. The molecular formula is C36H51NO3. The average molecular weight is 546 g/mol. The van der Waals surface area contributed by atoms with Crippen molar-refractivity contribution >= 4 is 0 Å². The second kappa shape index (κ2) is 12.1. The van der Waals surface area contributed by atoms with Crippen LogP contribution in [0.2, 0.25) is 0 Å². The zero-order valence-electron chi connectivity index (χ0n) is 25.0. The summed E-state index contributed by atoms with van der Waals surface area (Å²) in [6.45, 7) is 11.1. The van der Waals surface area contributed by atoms with E-state index in [2.05, 4.69) is 69.9 Å². The van der Waals surface area contributed by atoms with Gasteiger partial charge in [0.25, 0.3) is 0 Å². The standard InChI is InChI=1S/C36H51NO3/c1-5-6-10-28-11-7-12-33(37-28)36(20-21-36)34(40)18-13-24(2)30-16-17-31-26(9-8-19-35(30,31)4)14-15-27-22-29(38)23-32(39)25(27)3/h7,11-15,18,24,29-32,34,38-40H,3,5-6,8-10,16-17,19-23H2,1-2,4H3/b18-13+,26-14+,27-15-/t24-,29-,30-,31+,32+,34-,35-/m1/s1. The molecule has 7 atom stereocenters. The zero-order chi connectivity index (χ0) is 28.5. The van der Waals surface area contributed by atoms with Crippen LogP contribution < -0.4 is 0 Å². The highest BCUT2D eigenvalue weighted by Gasteiger charge is 2.52. The van der Waals surface area contributed by atoms with Crippen molar-refractivity contribution in [2.45, 2.75) is 122 Å². The minimum absolute atomic E-state index is 0.209. The summed E-state index contributed by atoms with van der Waals surface area (Å²) >= 11 is 0. The first kappa shape index (κ1) is 29.5. The van der Waals surface area contributed by atoms with Crippen molar-refractivity contribution in [2.75, 3.05) is 0 Å². The largest absolute Gasteiger partial charge is 0.393 e. The van der Waals surface area contributed by atoms with E-state index in [0.717, 1.165) is 54.6 Å². The minimum Gasteiger partial charge on any atom is -0.393 e. The van der Waals surface area contributed by atoms with E-state index in [1.165, 1.54) is 37.7 Å². The van der Waals surface area contributed by atoms with Gasteiger partial charge >= 0.3 is 0 Å². The number of hydrogen-bond acceptors (Lipinski definition) is 4. The Morgan fingerprint density at radius 2 is 1.93 bits per heavy atom. The number of hydrogen-bond donors (Lipinski definition) is 3. The number of aliphatic hydroxyl groups is 3. The third kappa shape index (κ3) is 5.82. The van der Waals surface area contributed by atoms with Crippen LogP contribution in [0, 0.1) is 23.2 Å². The zero-order valence-corrected chi connectivity index (χ0v) is 25.0. The van der Waals surface area contributed by atoms with E-state index in [1.807, 2.05) is 0 Å². The van der Waals surface area contributed by atoms with Crippen molar-refractivity contribution in [3.8, 4) is 0 Å². The first-order valence-electron chi connectivity index (χ1n) is 16.0. The van der Waals surface area contributed by atoms with Crippen molar-refractivity contribution in [1.29, 1.82) is 0 Å². The van der Waals surface area contributed by atoms with Crippen LogP contribution >= 0.6 is 0 Å². The van der Waals surface area contributed by atoms with E-state index < -0.39 is 18.3 Å². The van der Waals surface area contributed by atoms with Gasteiger partial charge in [-0.05, 0) is 111 Å². The van der Waals surface area contributed by atoms with Crippen LogP contribution in [0.25, 0.3) is 0 Å². The Morgan fingerprint density at radius 3 is 2.67 bits per heavy atom. The fourth-order valence-corrected chi connectivity index (χ4v) is 8.30. The molecule has 4 nitrogen and oxygen atoms in total. The molecule has 0 radical (unpaired) electrons. The predicted octanol–water partition coefficient (Wildman–Crippen LogP) is 7.15. The molecule has 40 heavy (non-hydrogen) atoms. The van der Waals surface area contributed by atoms with Crippen molar-refractivity contribution in [3.63, 3.8) is 0 Å². The molecule has 0 amide bonds. The number of nitrogens with zero attached hydrogens (tertiary/aromatic N) is 1. The van der Waals surface area contributed by atoms with E-state index >= 15 is 0 Å². The topological polar surface area (TPSA) is 73.6 Å². The molecule has 3 N–H and O–H groups in total. The third-order valence-corrected chi connectivity index (χ3v) is 11.0. The number of rotatable bonds is 9. The summed E-state index contributed by atoms with van der Waals surface area (Å²) < 4.78 is 0. The molecule has 0 spiro atoms. The summed E-state index contributed by atoms with van der Waals surface area (Å²) in [6.07, 6.45) is 19.5. The van der Waals surface area contributed by atoms with Gasteiger partial charge < -0.3 is 15.3 Å². The predicted molar refractivity (Wildman–Crippen MR) is 163 cm³/mol. The lowest BCUT2D eigenvalue weighted by Gasteiger charge is -2.44. The van der Waals surface area contributed by atoms with Crippen molar-refractivity contribution < 1.29 is 15.3 Å². The van der Waals surface area contributed by atoms with Gasteiger partial charge in [-0.2, -0.15) is 0 Å². The summed E-state index contributed by atoms with van der Waals surface area (Å²) in [4.78, 5) is 4.97. The molecule has 1 aromatic heterocycles. The second-order valence-corrected chi connectivity index (χ2v) is 13.6. The summed E-state index contributed by atoms with van der Waals surface area (Å²) in [5.74, 6) is 1.57. The minimum atomic E-state index is -0.639. The van der Waals surface area contributed by atoms with E-state index in [4.69, 9.17) is 4.98 Å². The molecule has 4 aliphatic carbocycles. The van der Waals surface area contributed by atoms with Crippen LogP contribution in [-0.2, 0) is 11.8 Å². The Morgan fingerprint density at radius 1 is 1.12 bits per heavy atom. The number of aliphatic hydroxyl groups excluding tert-OH is 3. The maximum atomic E-state index is 11.4. The molecule has 0 saturated heterocycles. The fraction of sp³-hybridized carbons (Fsp3) is 0.639. The average Bonchev–Trinajstić information content (AvgIpc) is 3.68. The van der Waals surface area contributed by atoms with Gasteiger partial charge in [0.05, 0.1) is 18.3 Å². The highest BCUT2D eigenvalue weighted by Crippen LogP contribution is 2.60. The van der Waals surface area contributed by atoms with Gasteiger partial charge in [-0.3, -0.25) is 4.98 Å². The van der Waals surface area contributed by atoms with Gasteiger partial charge in [0, 0.05) is 23.2 Å². The molecule has 218 valence electrons. The van der Waals surface area contributed by atoms with Gasteiger partial charge in [-0.1, -0.05) is 69.7 Å². The molecule has 4 aliphatic rings. The molecule has 0 bridgehead atoms. The number of allylic oxidation sites excluding steroid dienone is 4. The molecule has 1 heterocycles. The quantitative estimate of drug-likeness (QED) is 0.288. The normalized spacial score (nSPS) is 35.3. The lowest BCUT2D eigenvalue weighted by Crippen LogP contribution is -2.35. The van der Waals surface area contributed by atoms with Crippen molar-refractivity contribution in [3.05, 3.63) is 77.2 Å². The molecule has 5 rings (SSSR count). The monoisotopic (exact) mass is 545 g/mol. The van der Waals surface area contributed by atoms with Crippen LogP contribution in [0.1, 0.15) is 103 Å². The van der Waals surface area contributed by atoms with Crippen LogP contribution in [0.3, 0.4) is 0 Å². The van der Waals surface area contributed by atoms with Gasteiger partial charge in [0.2, 0.25) is 0 Å². The number of aromatic nitrogens is 1. The Labute approximate surface area is 242 Å². The smallest absolute Gasteiger partial charge is 0.0832 e. The van der Waals surface area contributed by atoms with E-state index in [1.54, 1.807) is 0 Å². The lowest BCUT2D eigenvalue weighted by molar-refractivity contribution is 0.0862. The second-order valence-electron chi connectivity index (χ2n) is 13.6. The first-order valence-corrected chi connectivity index (χ1v) is 16.0. The summed E-state index contributed by atoms with van der Waals surface area (Å²) in [7, 11) is 0. The lowest BCUT2D eigenvalue weighted by atomic mass is 9.61. The molecule has 1 aromatic rings. The number of aryl methyl sites for hydroxylation is 1. The maximum absolute atomic E-state index is 11.4. The van der Waals surface area contributed by atoms with Gasteiger partial charge in [0.1, 0.15) is 0 Å². The highest BCUT2D eigenvalue weighted by molar-refractivity contribution is 5.39. The van der Waals surface area contributed by atoms with Crippen LogP contribution in [0.4, 0.5) is 0 Å². The van der Waals surface area contributed by atoms with Crippen LogP contribution in [0.15, 0.2) is 65.8 Å². The van der Waals surface area contributed by atoms with E-state index in [0.29, 0.717) is 30.6 Å². The van der Waals surface area contributed by atoms with Crippen molar-refractivity contribution in [2.24, 2.45) is 23.2 Å². The van der Waals surface area contributed by atoms with Crippen LogP contribution in [-0.4, -0.2) is 38.6 Å². The summed E-state index contributed by atoms with van der Waals surface area (Å²) in [6, 6.07) is 6.35. The van der Waals surface area contributed by atoms with Gasteiger partial charge in [-0.15, -0.1) is 0 Å². The SMILES string of the molecule is C=C1/C(=C\C=C2/CCC[C@]3(C)[C@@H]([C@H](C)/C=C/[C@@H](O)C4(c5cccc(CCCC)n5)CC4)CC[C@@H]23)C[C@@H](O)C[C@@H]1O. The molecule has 0 unspecified atom stereocenters. The Balaban J connectivity index is 1.27. The Bertz CT molecular complexity index is 1160. The molecule has 4 heteroatoms. The number of pyridine rings is 1. The molecule has 4 fully saturated rings.